The van der Waals surface area contributed by atoms with Crippen LogP contribution in [-0.4, -0.2) is 15.5 Å². The predicted octanol–water partition coefficient (Wildman–Crippen LogP) is 3.91. The van der Waals surface area contributed by atoms with E-state index in [9.17, 15) is 9.59 Å². The summed E-state index contributed by atoms with van der Waals surface area (Å²) in [5, 5.41) is 1.28. The van der Waals surface area contributed by atoms with Gasteiger partial charge in [0.25, 0.3) is 5.56 Å². The van der Waals surface area contributed by atoms with E-state index in [-0.39, 0.29) is 17.9 Å². The van der Waals surface area contributed by atoms with Gasteiger partial charge in [0.05, 0.1) is 5.39 Å². The maximum absolute atomic E-state index is 13.2. The molecule has 3 aromatic rings. The zero-order valence-corrected chi connectivity index (χ0v) is 16.3. The molecule has 0 saturated carbocycles. The molecular formula is C19H20ClN3O2S. The van der Waals surface area contributed by atoms with E-state index in [1.54, 1.807) is 4.57 Å². The average molecular weight is 390 g/mol. The lowest BCUT2D eigenvalue weighted by molar-refractivity contribution is -0.118. The van der Waals surface area contributed by atoms with Crippen molar-refractivity contribution in [1.29, 1.82) is 0 Å². The molecule has 0 atom stereocenters. The van der Waals surface area contributed by atoms with Gasteiger partial charge in [-0.1, -0.05) is 30.7 Å². The third kappa shape index (κ3) is 3.52. The summed E-state index contributed by atoms with van der Waals surface area (Å²) in [4.78, 5) is 30.8. The molecule has 0 fully saturated rings. The van der Waals surface area contributed by atoms with Gasteiger partial charge in [-0.25, -0.2) is 4.98 Å². The fraction of sp³-hybridized carbons (Fsp3) is 0.316. The third-order valence-corrected chi connectivity index (χ3v) is 5.57. The van der Waals surface area contributed by atoms with Crippen LogP contribution >= 0.6 is 22.9 Å². The van der Waals surface area contributed by atoms with E-state index in [0.29, 0.717) is 29.8 Å². The Bertz CT molecular complexity index is 1020. The molecule has 26 heavy (non-hydrogen) atoms. The van der Waals surface area contributed by atoms with Gasteiger partial charge >= 0.3 is 0 Å². The van der Waals surface area contributed by atoms with Crippen LogP contribution in [0.1, 0.15) is 30.5 Å². The van der Waals surface area contributed by atoms with E-state index in [4.69, 9.17) is 22.3 Å². The van der Waals surface area contributed by atoms with Gasteiger partial charge in [0.1, 0.15) is 10.7 Å². The molecule has 0 radical (unpaired) electrons. The Labute approximate surface area is 160 Å². The summed E-state index contributed by atoms with van der Waals surface area (Å²) in [6.45, 7) is 4.40. The Morgan fingerprint density at radius 3 is 2.62 bits per heavy atom. The van der Waals surface area contributed by atoms with Crippen molar-refractivity contribution in [2.75, 3.05) is 0 Å². The van der Waals surface area contributed by atoms with Gasteiger partial charge in [-0.05, 0) is 31.0 Å². The molecule has 0 unspecified atom stereocenters. The van der Waals surface area contributed by atoms with E-state index in [1.807, 2.05) is 38.1 Å². The lowest BCUT2D eigenvalue weighted by atomic mass is 10.0. The number of halogens is 1. The zero-order valence-electron chi connectivity index (χ0n) is 14.7. The van der Waals surface area contributed by atoms with Gasteiger partial charge in [0.15, 0.2) is 0 Å². The number of hydrogen-bond acceptors (Lipinski definition) is 4. The topological polar surface area (TPSA) is 78.0 Å². The molecule has 1 amide bonds. The fourth-order valence-corrected chi connectivity index (χ4v) is 4.29. The second-order valence-electron chi connectivity index (χ2n) is 6.13. The van der Waals surface area contributed by atoms with Crippen LogP contribution in [0.3, 0.4) is 0 Å². The summed E-state index contributed by atoms with van der Waals surface area (Å²) in [7, 11) is 0. The van der Waals surface area contributed by atoms with Crippen LogP contribution in [0.4, 0.5) is 0 Å². The van der Waals surface area contributed by atoms with Crippen molar-refractivity contribution in [2.24, 2.45) is 5.73 Å². The minimum absolute atomic E-state index is 0.0642. The van der Waals surface area contributed by atoms with Crippen LogP contribution < -0.4 is 11.3 Å². The first-order chi connectivity index (χ1) is 12.4. The van der Waals surface area contributed by atoms with E-state index in [2.05, 4.69) is 0 Å². The van der Waals surface area contributed by atoms with Crippen LogP contribution in [0.2, 0.25) is 5.02 Å². The van der Waals surface area contributed by atoms with Crippen molar-refractivity contribution >= 4 is 39.1 Å². The van der Waals surface area contributed by atoms with Crippen LogP contribution in [0.25, 0.3) is 21.3 Å². The first-order valence-corrected chi connectivity index (χ1v) is 9.68. The quantitative estimate of drug-likeness (QED) is 0.694. The largest absolute Gasteiger partial charge is 0.370 e. The van der Waals surface area contributed by atoms with Crippen LogP contribution in [-0.2, 0) is 17.8 Å². The number of nitrogens with two attached hydrogens (primary N) is 1. The molecule has 0 aliphatic carbocycles. The van der Waals surface area contributed by atoms with Crippen molar-refractivity contribution in [3.8, 4) is 11.1 Å². The van der Waals surface area contributed by atoms with E-state index in [1.165, 1.54) is 11.3 Å². The molecule has 3 rings (SSSR count). The van der Waals surface area contributed by atoms with Crippen molar-refractivity contribution in [3.05, 3.63) is 50.3 Å². The summed E-state index contributed by atoms with van der Waals surface area (Å²) in [6.07, 6.45) is 1.42. The number of fused-ring (bicyclic) bond motifs is 1. The van der Waals surface area contributed by atoms with E-state index >= 15 is 0 Å². The van der Waals surface area contributed by atoms with Gasteiger partial charge in [-0.15, -0.1) is 11.3 Å². The SMILES string of the molecule is CCc1nc2sc(C)c(-c3ccc(Cl)cc3)c2c(=O)n1CCCC(N)=O. The monoisotopic (exact) mass is 389 g/mol. The highest BCUT2D eigenvalue weighted by molar-refractivity contribution is 7.19. The van der Waals surface area contributed by atoms with Gasteiger partial charge in [0.2, 0.25) is 5.91 Å². The fourth-order valence-electron chi connectivity index (χ4n) is 3.11. The Morgan fingerprint density at radius 1 is 1.31 bits per heavy atom. The van der Waals surface area contributed by atoms with Crippen molar-refractivity contribution in [1.82, 2.24) is 9.55 Å². The highest BCUT2D eigenvalue weighted by Crippen LogP contribution is 2.36. The standard InChI is InChI=1S/C19H20ClN3O2S/c1-3-15-22-18-17(19(25)23(15)10-4-5-14(21)24)16(11(2)26-18)12-6-8-13(20)9-7-12/h6-9H,3-5,10H2,1-2H3,(H2,21,24). The Balaban J connectivity index is 2.18. The molecule has 2 aromatic heterocycles. The van der Waals surface area contributed by atoms with Gasteiger partial charge < -0.3 is 5.73 Å². The molecule has 2 N–H and O–H groups in total. The number of aromatic nitrogens is 2. The van der Waals surface area contributed by atoms with Crippen molar-refractivity contribution in [2.45, 2.75) is 39.7 Å². The highest BCUT2D eigenvalue weighted by atomic mass is 35.5. The lowest BCUT2D eigenvalue weighted by Gasteiger charge is -2.11. The van der Waals surface area contributed by atoms with Crippen LogP contribution in [0.15, 0.2) is 29.1 Å². The minimum Gasteiger partial charge on any atom is -0.370 e. The maximum Gasteiger partial charge on any atom is 0.262 e. The molecule has 0 saturated heterocycles. The third-order valence-electron chi connectivity index (χ3n) is 4.32. The predicted molar refractivity (Wildman–Crippen MR) is 107 cm³/mol. The molecule has 0 aliphatic heterocycles. The van der Waals surface area contributed by atoms with E-state index in [0.717, 1.165) is 26.7 Å². The first kappa shape index (κ1) is 18.6. The number of nitrogens with zero attached hydrogens (tertiary/aromatic N) is 2. The number of carbonyl (C=O) groups is 1. The summed E-state index contributed by atoms with van der Waals surface area (Å²) in [5.74, 6) is 0.370. The molecular weight excluding hydrogens is 370 g/mol. The van der Waals surface area contributed by atoms with Gasteiger partial charge in [0, 0.05) is 34.8 Å². The molecule has 136 valence electrons. The van der Waals surface area contributed by atoms with Crippen molar-refractivity contribution < 1.29 is 4.79 Å². The number of benzene rings is 1. The van der Waals surface area contributed by atoms with Crippen LogP contribution in [0, 0.1) is 6.92 Å². The summed E-state index contributed by atoms with van der Waals surface area (Å²) in [5.41, 5.74) is 7.01. The second kappa shape index (κ2) is 7.60. The highest BCUT2D eigenvalue weighted by Gasteiger charge is 2.19. The Morgan fingerprint density at radius 2 is 2.00 bits per heavy atom. The average Bonchev–Trinajstić information content (AvgIpc) is 2.93. The number of thiophene rings is 1. The number of primary amides is 1. The number of hydrogen-bond donors (Lipinski definition) is 1. The summed E-state index contributed by atoms with van der Waals surface area (Å²) in [6, 6.07) is 7.47. The zero-order chi connectivity index (χ0) is 18.8. The first-order valence-electron chi connectivity index (χ1n) is 8.49. The normalized spacial score (nSPS) is 11.2. The van der Waals surface area contributed by atoms with Gasteiger partial charge in [-0.2, -0.15) is 0 Å². The van der Waals surface area contributed by atoms with Crippen molar-refractivity contribution in [3.63, 3.8) is 0 Å². The number of amides is 1. The Kier molecular flexibility index (Phi) is 5.44. The molecule has 5 nitrogen and oxygen atoms in total. The number of rotatable bonds is 6. The number of carbonyl (C=O) groups excluding carboxylic acids is 1. The second-order valence-corrected chi connectivity index (χ2v) is 7.77. The minimum atomic E-state index is -0.363. The maximum atomic E-state index is 13.2. The molecule has 0 spiro atoms. The smallest absolute Gasteiger partial charge is 0.262 e. The van der Waals surface area contributed by atoms with Gasteiger partial charge in [-0.3, -0.25) is 14.2 Å². The molecule has 1 aromatic carbocycles. The van der Waals surface area contributed by atoms with E-state index < -0.39 is 0 Å². The van der Waals surface area contributed by atoms with Crippen LogP contribution in [0.5, 0.6) is 0 Å². The lowest BCUT2D eigenvalue weighted by Crippen LogP contribution is -2.25. The Hall–Kier alpha value is -2.18. The summed E-state index contributed by atoms with van der Waals surface area (Å²) < 4.78 is 1.68. The molecule has 7 heteroatoms. The molecule has 0 aliphatic rings. The molecule has 2 heterocycles. The molecule has 0 bridgehead atoms. The summed E-state index contributed by atoms with van der Waals surface area (Å²) >= 11 is 7.52. The number of aryl methyl sites for hydroxylation is 2.